The van der Waals surface area contributed by atoms with E-state index < -0.39 is 9.84 Å². The first kappa shape index (κ1) is 18.7. The van der Waals surface area contributed by atoms with E-state index in [9.17, 15) is 18.0 Å². The van der Waals surface area contributed by atoms with Crippen LogP contribution in [-0.2, 0) is 14.6 Å². The fraction of sp³-hybridized carbons (Fsp3) is 0.556. The maximum absolute atomic E-state index is 12.5. The molecule has 2 amide bonds. The van der Waals surface area contributed by atoms with Crippen molar-refractivity contribution < 1.29 is 22.7 Å². The van der Waals surface area contributed by atoms with Gasteiger partial charge in [-0.05, 0) is 36.6 Å². The summed E-state index contributed by atoms with van der Waals surface area (Å²) in [6, 6.07) is 6.98. The molecule has 142 valence electrons. The summed E-state index contributed by atoms with van der Waals surface area (Å²) in [5, 5.41) is 0. The molecule has 0 N–H and O–H groups in total. The van der Waals surface area contributed by atoms with Gasteiger partial charge < -0.3 is 14.5 Å². The molecule has 1 aromatic carbocycles. The van der Waals surface area contributed by atoms with E-state index in [2.05, 4.69) is 0 Å². The number of nitrogens with zero attached hydrogens (tertiary/aromatic N) is 2. The van der Waals surface area contributed by atoms with Gasteiger partial charge in [-0.25, -0.2) is 8.42 Å². The van der Waals surface area contributed by atoms with E-state index in [1.807, 2.05) is 0 Å². The first-order chi connectivity index (χ1) is 12.4. The van der Waals surface area contributed by atoms with Gasteiger partial charge in [0.25, 0.3) is 5.91 Å². The summed E-state index contributed by atoms with van der Waals surface area (Å²) < 4.78 is 28.1. The van der Waals surface area contributed by atoms with Crippen molar-refractivity contribution in [3.8, 4) is 5.75 Å². The first-order valence-electron chi connectivity index (χ1n) is 8.79. The van der Waals surface area contributed by atoms with Gasteiger partial charge in [0.15, 0.2) is 9.84 Å². The maximum atomic E-state index is 12.5. The SMILES string of the molecule is COc1ccc(C(=O)N2CCN(C(=O)CC3CCS(=O)(=O)C3)CC2)cc1. The van der Waals surface area contributed by atoms with E-state index in [1.165, 1.54) is 0 Å². The van der Waals surface area contributed by atoms with Gasteiger partial charge in [-0.1, -0.05) is 0 Å². The van der Waals surface area contributed by atoms with Gasteiger partial charge in [-0.15, -0.1) is 0 Å². The average Bonchev–Trinajstić information content (AvgIpc) is 2.99. The van der Waals surface area contributed by atoms with Gasteiger partial charge in [0.05, 0.1) is 18.6 Å². The Morgan fingerprint density at radius 3 is 2.23 bits per heavy atom. The van der Waals surface area contributed by atoms with Crippen molar-refractivity contribution in [3.63, 3.8) is 0 Å². The second kappa shape index (κ2) is 7.65. The number of hydrogen-bond acceptors (Lipinski definition) is 5. The number of hydrogen-bond donors (Lipinski definition) is 0. The highest BCUT2D eigenvalue weighted by Crippen LogP contribution is 2.23. The first-order valence-corrected chi connectivity index (χ1v) is 10.6. The Bertz CT molecular complexity index is 767. The number of carbonyl (C=O) groups is 2. The molecule has 0 spiro atoms. The minimum absolute atomic E-state index is 0.0105. The van der Waals surface area contributed by atoms with E-state index in [4.69, 9.17) is 4.74 Å². The number of methoxy groups -OCH3 is 1. The highest BCUT2D eigenvalue weighted by atomic mass is 32.2. The second-order valence-corrected chi connectivity index (χ2v) is 9.10. The van der Waals surface area contributed by atoms with Gasteiger partial charge in [0, 0.05) is 38.2 Å². The number of rotatable bonds is 4. The summed E-state index contributed by atoms with van der Waals surface area (Å²) in [4.78, 5) is 28.4. The molecular weight excluding hydrogens is 356 g/mol. The predicted molar refractivity (Wildman–Crippen MR) is 96.9 cm³/mol. The number of ether oxygens (including phenoxy) is 1. The van der Waals surface area contributed by atoms with Crippen molar-refractivity contribution in [2.75, 3.05) is 44.8 Å². The van der Waals surface area contributed by atoms with Crippen LogP contribution in [0.25, 0.3) is 0 Å². The molecule has 1 unspecified atom stereocenters. The third-order valence-corrected chi connectivity index (χ3v) is 6.88. The van der Waals surface area contributed by atoms with Crippen molar-refractivity contribution in [2.45, 2.75) is 12.8 Å². The Balaban J connectivity index is 1.50. The molecule has 2 saturated heterocycles. The largest absolute Gasteiger partial charge is 0.497 e. The molecule has 1 aromatic rings. The number of benzene rings is 1. The van der Waals surface area contributed by atoms with Crippen LogP contribution in [0.15, 0.2) is 24.3 Å². The molecule has 8 heteroatoms. The predicted octanol–water partition coefficient (Wildman–Crippen LogP) is 0.804. The van der Waals surface area contributed by atoms with Crippen molar-refractivity contribution in [2.24, 2.45) is 5.92 Å². The van der Waals surface area contributed by atoms with E-state index >= 15 is 0 Å². The van der Waals surface area contributed by atoms with Gasteiger partial charge in [-0.3, -0.25) is 9.59 Å². The molecule has 0 aromatic heterocycles. The molecule has 2 heterocycles. The summed E-state index contributed by atoms with van der Waals surface area (Å²) >= 11 is 0. The van der Waals surface area contributed by atoms with Crippen LogP contribution in [0.5, 0.6) is 5.75 Å². The van der Waals surface area contributed by atoms with Crippen LogP contribution in [0.2, 0.25) is 0 Å². The topological polar surface area (TPSA) is 84.0 Å². The van der Waals surface area contributed by atoms with Crippen LogP contribution in [0.3, 0.4) is 0 Å². The van der Waals surface area contributed by atoms with Crippen LogP contribution in [0, 0.1) is 5.92 Å². The third kappa shape index (κ3) is 4.35. The zero-order valence-corrected chi connectivity index (χ0v) is 15.7. The normalized spacial score (nSPS) is 22.3. The molecule has 2 fully saturated rings. The van der Waals surface area contributed by atoms with Crippen LogP contribution in [-0.4, -0.2) is 74.8 Å². The van der Waals surface area contributed by atoms with Crippen molar-refractivity contribution in [1.29, 1.82) is 0 Å². The molecule has 3 rings (SSSR count). The quantitative estimate of drug-likeness (QED) is 0.772. The lowest BCUT2D eigenvalue weighted by Crippen LogP contribution is -2.50. The Hall–Kier alpha value is -2.09. The lowest BCUT2D eigenvalue weighted by Gasteiger charge is -2.35. The molecule has 0 radical (unpaired) electrons. The number of piperazine rings is 1. The third-order valence-electron chi connectivity index (χ3n) is 5.05. The van der Waals surface area contributed by atoms with Gasteiger partial charge >= 0.3 is 0 Å². The molecule has 2 aliphatic heterocycles. The monoisotopic (exact) mass is 380 g/mol. The molecule has 2 aliphatic rings. The fourth-order valence-corrected chi connectivity index (χ4v) is 5.35. The van der Waals surface area contributed by atoms with Crippen molar-refractivity contribution >= 4 is 21.7 Å². The van der Waals surface area contributed by atoms with Crippen molar-refractivity contribution in [3.05, 3.63) is 29.8 Å². The summed E-state index contributed by atoms with van der Waals surface area (Å²) in [6.07, 6.45) is 0.857. The average molecular weight is 380 g/mol. The molecule has 26 heavy (non-hydrogen) atoms. The summed E-state index contributed by atoms with van der Waals surface area (Å²) in [6.45, 7) is 1.94. The molecule has 0 aliphatic carbocycles. The highest BCUT2D eigenvalue weighted by molar-refractivity contribution is 7.91. The lowest BCUT2D eigenvalue weighted by molar-refractivity contribution is -0.133. The van der Waals surface area contributed by atoms with Crippen LogP contribution in [0.1, 0.15) is 23.2 Å². The Kier molecular flexibility index (Phi) is 5.50. The zero-order chi connectivity index (χ0) is 18.7. The summed E-state index contributed by atoms with van der Waals surface area (Å²) in [5.74, 6) is 0.881. The second-order valence-electron chi connectivity index (χ2n) is 6.87. The smallest absolute Gasteiger partial charge is 0.253 e. The minimum atomic E-state index is -2.96. The van der Waals surface area contributed by atoms with Crippen LogP contribution < -0.4 is 4.74 Å². The Morgan fingerprint density at radius 1 is 1.08 bits per heavy atom. The number of carbonyl (C=O) groups excluding carboxylic acids is 2. The Labute approximate surface area is 153 Å². The van der Waals surface area contributed by atoms with Gasteiger partial charge in [0.2, 0.25) is 5.91 Å². The highest BCUT2D eigenvalue weighted by Gasteiger charge is 2.32. The van der Waals surface area contributed by atoms with E-state index in [1.54, 1.807) is 41.2 Å². The molecule has 0 bridgehead atoms. The summed E-state index contributed by atoms with van der Waals surface area (Å²) in [7, 11) is -1.38. The van der Waals surface area contributed by atoms with E-state index in [-0.39, 0.29) is 35.7 Å². The number of sulfone groups is 1. The van der Waals surface area contributed by atoms with Crippen molar-refractivity contribution in [1.82, 2.24) is 9.80 Å². The molecule has 7 nitrogen and oxygen atoms in total. The zero-order valence-electron chi connectivity index (χ0n) is 14.9. The standard InChI is InChI=1S/C18H24N2O5S/c1-25-16-4-2-15(3-5-16)18(22)20-9-7-19(8-10-20)17(21)12-14-6-11-26(23,24)13-14/h2-5,14H,6-13H2,1H3. The Morgan fingerprint density at radius 2 is 1.69 bits per heavy atom. The van der Waals surface area contributed by atoms with Crippen LogP contribution >= 0.6 is 0 Å². The van der Waals surface area contributed by atoms with Gasteiger partial charge in [0.1, 0.15) is 5.75 Å². The minimum Gasteiger partial charge on any atom is -0.497 e. The fourth-order valence-electron chi connectivity index (χ4n) is 3.48. The summed E-state index contributed by atoms with van der Waals surface area (Å²) in [5.41, 5.74) is 0.599. The molecular formula is C18H24N2O5S. The van der Waals surface area contributed by atoms with E-state index in [0.29, 0.717) is 43.9 Å². The van der Waals surface area contributed by atoms with E-state index in [0.717, 1.165) is 0 Å². The van der Waals surface area contributed by atoms with Crippen LogP contribution in [0.4, 0.5) is 0 Å². The number of amides is 2. The molecule has 1 atom stereocenters. The lowest BCUT2D eigenvalue weighted by atomic mass is 10.0. The maximum Gasteiger partial charge on any atom is 0.253 e. The molecule has 0 saturated carbocycles. The van der Waals surface area contributed by atoms with Gasteiger partial charge in [-0.2, -0.15) is 0 Å².